The molecule has 0 amide bonds. The Balaban J connectivity index is 0. The van der Waals surface area contributed by atoms with Crippen LogP contribution in [0.25, 0.3) is 0 Å². The third-order valence-corrected chi connectivity index (χ3v) is 1.05. The average molecular weight is 356 g/mol. The van der Waals surface area contributed by atoms with Gasteiger partial charge in [-0.05, 0) is 12.0 Å². The Morgan fingerprint density at radius 2 is 2.17 bits per heavy atom. The van der Waals surface area contributed by atoms with E-state index < -0.39 is 0 Å². The van der Waals surface area contributed by atoms with Crippen molar-refractivity contribution in [3.63, 3.8) is 0 Å². The Morgan fingerprint density at radius 1 is 1.67 bits per heavy atom. The van der Waals surface area contributed by atoms with E-state index in [0.29, 0.717) is 0 Å². The second kappa shape index (κ2) is 8.84. The quantitative estimate of drug-likeness (QED) is 0.677. The van der Waals surface area contributed by atoms with Gasteiger partial charge in [-0.1, -0.05) is 0 Å². The van der Waals surface area contributed by atoms with Crippen LogP contribution in [0, 0.1) is 6.92 Å². The van der Waals surface area contributed by atoms with Gasteiger partial charge in [0.05, 0.1) is 0 Å². The largest absolute Gasteiger partial charge is 0.343 e. The van der Waals surface area contributed by atoms with Crippen LogP contribution in [-0.4, -0.2) is 12.0 Å². The molecule has 6 heavy (non-hydrogen) atoms. The van der Waals surface area contributed by atoms with Crippen LogP contribution >= 0.6 is 11.8 Å². The standard InChI is InChI=1S/C4H9S.Rf/c1-3-4-5-2;/h1,3-4H2,2H3;/q-1;. The zero-order valence-corrected chi connectivity index (χ0v) is 11.5. The Morgan fingerprint density at radius 3 is 2.17 bits per heavy atom. The molecule has 2 heteroatoms. The minimum Gasteiger partial charge on any atom is -0.343 e. The van der Waals surface area contributed by atoms with Crippen molar-refractivity contribution in [1.29, 1.82) is 0 Å². The molecular weight excluding hydrogens is 347 g/mol. The third-order valence-electron chi connectivity index (χ3n) is 0.348. The summed E-state index contributed by atoms with van der Waals surface area (Å²) in [6, 6.07) is 0. The van der Waals surface area contributed by atoms with Gasteiger partial charge in [0.1, 0.15) is 0 Å². The maximum Gasteiger partial charge on any atom is 0 e. The summed E-state index contributed by atoms with van der Waals surface area (Å²) in [5.74, 6) is 1.19. The zero-order valence-electron chi connectivity index (χ0n) is 4.24. The average Bonchev–Trinajstić information content (AvgIpc) is 1.41. The fourth-order valence-corrected chi connectivity index (χ4v) is 0.433. The molecule has 0 nitrogen and oxygen atoms in total. The molecule has 0 radical (unpaired) electrons. The molecule has 0 saturated heterocycles. The Hall–Kier alpha value is -0.650. The van der Waals surface area contributed by atoms with Crippen molar-refractivity contribution >= 4 is 11.8 Å². The smallest absolute Gasteiger partial charge is 0 e. The summed E-state index contributed by atoms with van der Waals surface area (Å²) < 4.78 is 0. The second-order valence-corrected chi connectivity index (χ2v) is 1.83. The molecule has 0 N–H and O–H groups in total. The molecule has 0 aliphatic rings. The number of thioether (sulfide) groups is 1. The van der Waals surface area contributed by atoms with Gasteiger partial charge in [-0.3, -0.25) is 0 Å². The molecule has 0 bridgehead atoms. The first kappa shape index (κ1) is 9.02. The summed E-state index contributed by atoms with van der Waals surface area (Å²) in [5.41, 5.74) is 0. The fraction of sp³-hybridized carbons (Fsp3) is 0.750. The van der Waals surface area contributed by atoms with Crippen molar-refractivity contribution in [2.45, 2.75) is 6.42 Å². The molecule has 0 rings (SSSR count). The Bertz CT molecular complexity index is 15.0. The van der Waals surface area contributed by atoms with Gasteiger partial charge in [-0.2, -0.15) is 18.2 Å². The van der Waals surface area contributed by atoms with Crippen LogP contribution in [0.15, 0.2) is 0 Å². The number of rotatable bonds is 2. The molecular formula is C4H9RfS-. The van der Waals surface area contributed by atoms with E-state index in [1.165, 1.54) is 5.75 Å². The van der Waals surface area contributed by atoms with Gasteiger partial charge in [0.25, 0.3) is 0 Å². The summed E-state index contributed by atoms with van der Waals surface area (Å²) in [7, 11) is 0. The normalized spacial score (nSPS) is 7.00. The summed E-state index contributed by atoms with van der Waals surface area (Å²) in [6.45, 7) is 3.65. The molecule has 0 aromatic heterocycles. The number of hydrogen-bond donors (Lipinski definition) is 0. The van der Waals surface area contributed by atoms with Crippen molar-refractivity contribution in [2.75, 3.05) is 12.0 Å². The topological polar surface area (TPSA) is 0 Å². The molecule has 0 atom stereocenters. The van der Waals surface area contributed by atoms with E-state index in [1.807, 2.05) is 11.8 Å². The molecule has 0 aromatic rings. The van der Waals surface area contributed by atoms with Gasteiger partial charge in [0.2, 0.25) is 0 Å². The molecule has 0 fully saturated rings. The fourth-order valence-electron chi connectivity index (χ4n) is 0.144. The summed E-state index contributed by atoms with van der Waals surface area (Å²) in [5, 5.41) is 0. The van der Waals surface area contributed by atoms with Gasteiger partial charge in [0, 0.05) is 0 Å². The Labute approximate surface area is 38.0 Å². The Kier molecular flexibility index (Phi) is 13.3. The molecule has 0 heterocycles. The van der Waals surface area contributed by atoms with Gasteiger partial charge in [0.15, 0.2) is 0 Å². The molecule has 0 aliphatic heterocycles. The van der Waals surface area contributed by atoms with Gasteiger partial charge in [-0.25, -0.2) is 0 Å². The van der Waals surface area contributed by atoms with Crippen molar-refractivity contribution in [3.05, 3.63) is 6.92 Å². The van der Waals surface area contributed by atoms with Gasteiger partial charge >= 0.3 is 0 Å². The maximum absolute atomic E-state index is 3.65. The third kappa shape index (κ3) is 10.2. The van der Waals surface area contributed by atoms with Crippen LogP contribution in [0.4, 0.5) is 0 Å². The molecule has 0 aromatic carbocycles. The van der Waals surface area contributed by atoms with Gasteiger partial charge in [-0.15, -0.1) is 0 Å². The van der Waals surface area contributed by atoms with E-state index in [1.54, 1.807) is 0 Å². The molecule has 0 aliphatic carbocycles. The van der Waals surface area contributed by atoms with E-state index in [4.69, 9.17) is 0 Å². The predicted octanol–water partition coefficient (Wildman–Crippen LogP) is 1.57. The predicted molar refractivity (Wildman–Crippen MR) is 28.4 cm³/mol. The minimum absolute atomic E-state index is 0. The van der Waals surface area contributed by atoms with Gasteiger partial charge < -0.3 is 6.92 Å². The van der Waals surface area contributed by atoms with Crippen LogP contribution in [0.2, 0.25) is 0 Å². The van der Waals surface area contributed by atoms with Crippen LogP contribution < -0.4 is 0 Å². The molecule has 0 unspecified atom stereocenters. The summed E-state index contributed by atoms with van der Waals surface area (Å²) in [4.78, 5) is 0. The van der Waals surface area contributed by atoms with Crippen molar-refractivity contribution in [2.24, 2.45) is 0 Å². The second-order valence-electron chi connectivity index (χ2n) is 0.846. The van der Waals surface area contributed by atoms with Crippen LogP contribution in [0.1, 0.15) is 6.42 Å². The van der Waals surface area contributed by atoms with Crippen molar-refractivity contribution in [1.82, 2.24) is 0 Å². The van der Waals surface area contributed by atoms with Crippen molar-refractivity contribution in [3.8, 4) is 0 Å². The monoisotopic (exact) mass is 356 g/mol. The SMILES string of the molecule is [CH2-]CCSC.[Rf]. The van der Waals surface area contributed by atoms with Crippen molar-refractivity contribution < 1.29 is 0 Å². The first-order valence-corrected chi connectivity index (χ1v) is 3.09. The first-order valence-electron chi connectivity index (χ1n) is 1.70. The van der Waals surface area contributed by atoms with Crippen LogP contribution in [0.5, 0.6) is 0 Å². The van der Waals surface area contributed by atoms with E-state index in [9.17, 15) is 0 Å². The van der Waals surface area contributed by atoms with E-state index in [-0.39, 0.29) is 0 Å². The summed E-state index contributed by atoms with van der Waals surface area (Å²) >= 11 is 1.84. The first-order chi connectivity index (χ1) is 2.41. The molecule has 0 spiro atoms. The van der Waals surface area contributed by atoms with E-state index in [0.717, 1.165) is 6.42 Å². The zero-order chi connectivity index (χ0) is 4.12. The molecule has 34 valence electrons. The minimum atomic E-state index is 0. The van der Waals surface area contributed by atoms with Crippen LogP contribution in [0.3, 0.4) is 0 Å². The van der Waals surface area contributed by atoms with Crippen LogP contribution in [-0.2, 0) is 0 Å². The van der Waals surface area contributed by atoms with E-state index >= 15 is 0 Å². The van der Waals surface area contributed by atoms with E-state index in [2.05, 4.69) is 13.2 Å². The summed E-state index contributed by atoms with van der Waals surface area (Å²) in [6.07, 6.45) is 3.15. The number of hydrogen-bond acceptors (Lipinski definition) is 1. The maximum atomic E-state index is 3.65. The molecule has 0 saturated carbocycles.